The summed E-state index contributed by atoms with van der Waals surface area (Å²) in [5.41, 5.74) is 0.814. The Morgan fingerprint density at radius 3 is 2.62 bits per heavy atom. The fourth-order valence-electron chi connectivity index (χ4n) is 3.31. The summed E-state index contributed by atoms with van der Waals surface area (Å²) in [5.74, 6) is -0.593. The molecule has 10 heteroatoms. The number of nitrogens with one attached hydrogen (secondary N) is 1. The van der Waals surface area contributed by atoms with Crippen LogP contribution in [0.1, 0.15) is 27.0 Å². The maximum absolute atomic E-state index is 13.3. The Bertz CT molecular complexity index is 1370. The molecule has 0 atom stereocenters. The summed E-state index contributed by atoms with van der Waals surface area (Å²) < 4.78 is 39.8. The first-order valence-corrected chi connectivity index (χ1v) is 10.8. The molecular weight excluding hydrogens is 463 g/mol. The third-order valence-corrected chi connectivity index (χ3v) is 5.69. The number of thiazole rings is 1. The molecule has 0 aliphatic heterocycles. The smallest absolute Gasteiger partial charge is 0.322 e. The van der Waals surface area contributed by atoms with E-state index in [1.54, 1.807) is 42.9 Å². The molecule has 4 rings (SSSR count). The van der Waals surface area contributed by atoms with Gasteiger partial charge in [-0.25, -0.2) is 4.98 Å². The minimum absolute atomic E-state index is 0.0671. The van der Waals surface area contributed by atoms with Crippen LogP contribution in [0.2, 0.25) is 0 Å². The van der Waals surface area contributed by atoms with Gasteiger partial charge in [0.15, 0.2) is 5.13 Å². The SMILES string of the molecule is Cc1ccc(C(=O)Nc2ccc(C#N)c(C(F)(F)F)c2)cc1N(c1cccnc1)c1nccs1. The first-order chi connectivity index (χ1) is 16.3. The number of carbonyl (C=O) groups is 1. The summed E-state index contributed by atoms with van der Waals surface area (Å²) in [6.07, 6.45) is 0.259. The molecule has 0 bridgehead atoms. The zero-order chi connectivity index (χ0) is 24.3. The molecule has 2 heterocycles. The van der Waals surface area contributed by atoms with Gasteiger partial charge in [-0.15, -0.1) is 11.3 Å². The summed E-state index contributed by atoms with van der Waals surface area (Å²) in [4.78, 5) is 23.3. The molecule has 2 aromatic heterocycles. The van der Waals surface area contributed by atoms with Crippen molar-refractivity contribution < 1.29 is 18.0 Å². The second-order valence-corrected chi connectivity index (χ2v) is 8.06. The highest BCUT2D eigenvalue weighted by Gasteiger charge is 2.34. The molecule has 0 radical (unpaired) electrons. The molecule has 2 aromatic carbocycles. The third-order valence-electron chi connectivity index (χ3n) is 4.93. The van der Waals surface area contributed by atoms with E-state index in [4.69, 9.17) is 5.26 Å². The number of nitriles is 1. The first kappa shape index (κ1) is 22.9. The Balaban J connectivity index is 1.70. The number of hydrogen-bond donors (Lipinski definition) is 1. The van der Waals surface area contributed by atoms with Gasteiger partial charge >= 0.3 is 6.18 Å². The Hall–Kier alpha value is -4.23. The van der Waals surface area contributed by atoms with Crippen LogP contribution in [0, 0.1) is 18.3 Å². The van der Waals surface area contributed by atoms with Gasteiger partial charge in [0.05, 0.1) is 34.8 Å². The van der Waals surface area contributed by atoms with Crippen LogP contribution in [0.15, 0.2) is 72.5 Å². The van der Waals surface area contributed by atoms with E-state index in [1.807, 2.05) is 23.3 Å². The molecular formula is C24H16F3N5OS. The number of aromatic nitrogens is 2. The number of pyridine rings is 1. The molecule has 170 valence electrons. The lowest BCUT2D eigenvalue weighted by Crippen LogP contribution is -2.16. The van der Waals surface area contributed by atoms with Crippen LogP contribution in [0.25, 0.3) is 0 Å². The van der Waals surface area contributed by atoms with E-state index in [1.165, 1.54) is 23.5 Å². The van der Waals surface area contributed by atoms with E-state index < -0.39 is 23.2 Å². The fourth-order valence-corrected chi connectivity index (χ4v) is 3.99. The Morgan fingerprint density at radius 1 is 1.15 bits per heavy atom. The highest BCUT2D eigenvalue weighted by atomic mass is 32.1. The fraction of sp³-hybridized carbons (Fsp3) is 0.0833. The van der Waals surface area contributed by atoms with Crippen molar-refractivity contribution in [2.45, 2.75) is 13.1 Å². The first-order valence-electron chi connectivity index (χ1n) is 9.91. The zero-order valence-electron chi connectivity index (χ0n) is 17.7. The standard InChI is InChI=1S/C24H16F3N5OS/c1-15-4-5-16(22(33)31-18-7-6-17(13-28)20(12-18)24(25,26)27)11-21(15)32(23-30-9-10-34-23)19-3-2-8-29-14-19/h2-12,14H,1H3,(H,31,33). The number of benzene rings is 2. The van der Waals surface area contributed by atoms with Gasteiger partial charge in [-0.2, -0.15) is 18.4 Å². The van der Waals surface area contributed by atoms with Crippen molar-refractivity contribution in [1.29, 1.82) is 5.26 Å². The normalized spacial score (nSPS) is 11.0. The zero-order valence-corrected chi connectivity index (χ0v) is 18.5. The van der Waals surface area contributed by atoms with E-state index in [9.17, 15) is 18.0 Å². The molecule has 1 N–H and O–H groups in total. The summed E-state index contributed by atoms with van der Waals surface area (Å²) in [6.45, 7) is 1.88. The van der Waals surface area contributed by atoms with Crippen molar-refractivity contribution in [2.24, 2.45) is 0 Å². The third kappa shape index (κ3) is 4.74. The summed E-state index contributed by atoms with van der Waals surface area (Å²) in [5, 5.41) is 13.9. The molecule has 0 spiro atoms. The van der Waals surface area contributed by atoms with Gasteiger partial charge in [0.25, 0.3) is 5.91 Å². The second kappa shape index (κ2) is 9.33. The molecule has 0 unspecified atom stereocenters. The Labute approximate surface area is 197 Å². The highest BCUT2D eigenvalue weighted by molar-refractivity contribution is 7.13. The van der Waals surface area contributed by atoms with Crippen molar-refractivity contribution in [1.82, 2.24) is 9.97 Å². The van der Waals surface area contributed by atoms with Gasteiger partial charge in [0.2, 0.25) is 0 Å². The minimum Gasteiger partial charge on any atom is -0.322 e. The molecule has 0 fully saturated rings. The number of carbonyl (C=O) groups excluding carboxylic acids is 1. The summed E-state index contributed by atoms with van der Waals surface area (Å²) in [6, 6.07) is 13.2. The lowest BCUT2D eigenvalue weighted by molar-refractivity contribution is -0.137. The topological polar surface area (TPSA) is 81.9 Å². The number of halogens is 3. The number of amides is 1. The Kier molecular flexibility index (Phi) is 6.30. The number of rotatable bonds is 5. The largest absolute Gasteiger partial charge is 0.417 e. The molecule has 0 saturated heterocycles. The number of aryl methyl sites for hydroxylation is 1. The quantitative estimate of drug-likeness (QED) is 0.355. The van der Waals surface area contributed by atoms with Gasteiger partial charge in [-0.05, 0) is 55.0 Å². The van der Waals surface area contributed by atoms with Gasteiger partial charge in [-0.3, -0.25) is 14.7 Å². The molecule has 0 aliphatic carbocycles. The van der Waals surface area contributed by atoms with E-state index in [-0.39, 0.29) is 11.3 Å². The average Bonchev–Trinajstić information content (AvgIpc) is 3.35. The van der Waals surface area contributed by atoms with Crippen LogP contribution < -0.4 is 10.2 Å². The average molecular weight is 479 g/mol. The molecule has 0 aliphatic rings. The predicted octanol–water partition coefficient (Wildman–Crippen LogP) is 6.46. The molecule has 4 aromatic rings. The van der Waals surface area contributed by atoms with E-state index in [2.05, 4.69) is 15.3 Å². The lowest BCUT2D eigenvalue weighted by Gasteiger charge is -2.24. The van der Waals surface area contributed by atoms with Gasteiger partial charge in [0.1, 0.15) is 0 Å². The highest BCUT2D eigenvalue weighted by Crippen LogP contribution is 2.38. The Morgan fingerprint density at radius 2 is 1.97 bits per heavy atom. The summed E-state index contributed by atoms with van der Waals surface area (Å²) in [7, 11) is 0. The molecule has 34 heavy (non-hydrogen) atoms. The molecule has 1 amide bonds. The lowest BCUT2D eigenvalue weighted by atomic mass is 10.1. The van der Waals surface area contributed by atoms with Crippen molar-refractivity contribution >= 4 is 39.4 Å². The monoisotopic (exact) mass is 479 g/mol. The number of hydrogen-bond acceptors (Lipinski definition) is 6. The van der Waals surface area contributed by atoms with Crippen LogP contribution in [0.4, 0.5) is 35.4 Å². The number of nitrogens with zero attached hydrogens (tertiary/aromatic N) is 4. The van der Waals surface area contributed by atoms with Crippen LogP contribution in [-0.2, 0) is 6.18 Å². The van der Waals surface area contributed by atoms with E-state index in [0.29, 0.717) is 10.8 Å². The number of alkyl halides is 3. The van der Waals surface area contributed by atoms with E-state index >= 15 is 0 Å². The van der Waals surface area contributed by atoms with Gasteiger partial charge in [0, 0.05) is 29.0 Å². The van der Waals surface area contributed by atoms with Crippen LogP contribution in [0.5, 0.6) is 0 Å². The molecule has 6 nitrogen and oxygen atoms in total. The van der Waals surface area contributed by atoms with Gasteiger partial charge in [-0.1, -0.05) is 6.07 Å². The maximum Gasteiger partial charge on any atom is 0.417 e. The van der Waals surface area contributed by atoms with Crippen molar-refractivity contribution in [3.8, 4) is 6.07 Å². The van der Waals surface area contributed by atoms with Crippen LogP contribution in [0.3, 0.4) is 0 Å². The second-order valence-electron chi connectivity index (χ2n) is 7.19. The van der Waals surface area contributed by atoms with Crippen LogP contribution in [-0.4, -0.2) is 15.9 Å². The maximum atomic E-state index is 13.3. The van der Waals surface area contributed by atoms with E-state index in [0.717, 1.165) is 23.4 Å². The summed E-state index contributed by atoms with van der Waals surface area (Å²) >= 11 is 1.41. The van der Waals surface area contributed by atoms with Crippen molar-refractivity contribution in [2.75, 3.05) is 10.2 Å². The van der Waals surface area contributed by atoms with Crippen molar-refractivity contribution in [3.05, 3.63) is 94.8 Å². The number of anilines is 4. The van der Waals surface area contributed by atoms with Gasteiger partial charge < -0.3 is 5.32 Å². The van der Waals surface area contributed by atoms with Crippen molar-refractivity contribution in [3.63, 3.8) is 0 Å². The van der Waals surface area contributed by atoms with Crippen LogP contribution >= 0.6 is 11.3 Å². The minimum atomic E-state index is -4.72. The molecule has 0 saturated carbocycles. The predicted molar refractivity (Wildman–Crippen MR) is 123 cm³/mol.